The average Bonchev–Trinajstić information content (AvgIpc) is 2.35. The average molecular weight is 431 g/mol. The summed E-state index contributed by atoms with van der Waals surface area (Å²) in [6, 6.07) is 8.95. The lowest BCUT2D eigenvalue weighted by Gasteiger charge is -2.15. The van der Waals surface area contributed by atoms with Crippen molar-refractivity contribution in [2.45, 2.75) is 11.3 Å². The fourth-order valence-electron chi connectivity index (χ4n) is 1.67. The van der Waals surface area contributed by atoms with E-state index < -0.39 is 27.0 Å². The van der Waals surface area contributed by atoms with Crippen LogP contribution in [0.4, 0.5) is 18.9 Å². The van der Waals surface area contributed by atoms with E-state index in [0.717, 1.165) is 12.1 Å². The van der Waals surface area contributed by atoms with E-state index in [1.54, 1.807) is 0 Å². The van der Waals surface area contributed by atoms with Gasteiger partial charge in [0.25, 0.3) is 10.0 Å². The number of ether oxygens (including phenoxy) is 1. The van der Waals surface area contributed by atoms with E-state index in [9.17, 15) is 21.6 Å². The molecule has 0 aliphatic rings. The summed E-state index contributed by atoms with van der Waals surface area (Å²) in [7, 11) is -4.30. The Kier molecular flexibility index (Phi) is 5.12. The fraction of sp³-hybridized carbons (Fsp3) is 0.0769. The van der Waals surface area contributed by atoms with Gasteiger partial charge in [-0.25, -0.2) is 8.42 Å². The van der Waals surface area contributed by atoms with Crippen LogP contribution in [0.15, 0.2) is 51.8 Å². The van der Waals surface area contributed by atoms with Gasteiger partial charge in [-0.1, -0.05) is 33.6 Å². The van der Waals surface area contributed by atoms with E-state index in [1.807, 2.05) is 0 Å². The molecule has 0 amide bonds. The largest absolute Gasteiger partial charge is 0.573 e. The van der Waals surface area contributed by atoms with Gasteiger partial charge in [-0.15, -0.1) is 13.2 Å². The molecule has 0 fully saturated rings. The molecule has 0 heterocycles. The van der Waals surface area contributed by atoms with Crippen molar-refractivity contribution in [1.82, 2.24) is 0 Å². The molecule has 10 heteroatoms. The molecule has 0 aliphatic heterocycles. The van der Waals surface area contributed by atoms with Gasteiger partial charge < -0.3 is 4.74 Å². The fourth-order valence-corrected chi connectivity index (χ4v) is 3.36. The first-order chi connectivity index (χ1) is 10.6. The number of benzene rings is 2. The van der Waals surface area contributed by atoms with Gasteiger partial charge >= 0.3 is 6.36 Å². The molecule has 2 aromatic carbocycles. The van der Waals surface area contributed by atoms with E-state index in [1.165, 1.54) is 30.3 Å². The van der Waals surface area contributed by atoms with Crippen molar-refractivity contribution < 1.29 is 26.3 Å². The molecule has 0 aliphatic carbocycles. The Morgan fingerprint density at radius 2 is 1.83 bits per heavy atom. The summed E-state index contributed by atoms with van der Waals surface area (Å²) in [5.41, 5.74) is 0.110. The molecule has 0 saturated carbocycles. The minimum Gasteiger partial charge on any atom is -0.404 e. The number of hydrogen-bond donors (Lipinski definition) is 1. The standard InChI is InChI=1S/C13H8BrClF3NO3S/c14-8-4-5-12(11(6-8)22-13(16,17)18)23(20,21)19-10-3-1-2-9(15)7-10/h1-7,19H. The number of alkyl halides is 3. The second kappa shape index (κ2) is 6.58. The Morgan fingerprint density at radius 3 is 2.43 bits per heavy atom. The molecule has 0 unspecified atom stereocenters. The molecule has 0 atom stereocenters. The molecule has 0 bridgehead atoms. The summed E-state index contributed by atoms with van der Waals surface area (Å²) in [5, 5.41) is 0.271. The quantitative estimate of drug-likeness (QED) is 0.758. The van der Waals surface area contributed by atoms with Crippen molar-refractivity contribution in [2.24, 2.45) is 0 Å². The highest BCUT2D eigenvalue weighted by Gasteiger charge is 2.34. The zero-order valence-electron chi connectivity index (χ0n) is 11.1. The van der Waals surface area contributed by atoms with Gasteiger partial charge in [-0.05, 0) is 36.4 Å². The first-order valence-electron chi connectivity index (χ1n) is 5.90. The van der Waals surface area contributed by atoms with Crippen LogP contribution < -0.4 is 9.46 Å². The maximum Gasteiger partial charge on any atom is 0.573 e. The Bertz CT molecular complexity index is 827. The minimum absolute atomic E-state index is 0.110. The Hall–Kier alpha value is -1.45. The van der Waals surface area contributed by atoms with Crippen LogP contribution in [-0.2, 0) is 10.0 Å². The lowest BCUT2D eigenvalue weighted by atomic mass is 10.3. The van der Waals surface area contributed by atoms with Gasteiger partial charge in [-0.2, -0.15) is 0 Å². The molecule has 0 aromatic heterocycles. The summed E-state index contributed by atoms with van der Waals surface area (Å²) in [4.78, 5) is -0.655. The normalized spacial score (nSPS) is 12.0. The van der Waals surface area contributed by atoms with Crippen LogP contribution in [0.5, 0.6) is 5.75 Å². The Labute approximate surface area is 143 Å². The SMILES string of the molecule is O=S(=O)(Nc1cccc(Cl)c1)c1ccc(Br)cc1OC(F)(F)F. The van der Waals surface area contributed by atoms with Gasteiger partial charge in [-0.3, -0.25) is 4.72 Å². The number of halogens is 5. The molecule has 0 radical (unpaired) electrons. The summed E-state index contributed by atoms with van der Waals surface area (Å²) >= 11 is 8.71. The molecule has 2 rings (SSSR count). The lowest BCUT2D eigenvalue weighted by Crippen LogP contribution is -2.21. The topological polar surface area (TPSA) is 55.4 Å². The molecule has 0 saturated heterocycles. The molecular weight excluding hydrogens is 423 g/mol. The minimum atomic E-state index is -5.03. The molecule has 2 aromatic rings. The maximum absolute atomic E-state index is 12.5. The van der Waals surface area contributed by atoms with Crippen LogP contribution in [0, 0.1) is 0 Å². The van der Waals surface area contributed by atoms with E-state index in [4.69, 9.17) is 11.6 Å². The predicted molar refractivity (Wildman–Crippen MR) is 83.1 cm³/mol. The number of sulfonamides is 1. The van der Waals surface area contributed by atoms with Crippen molar-refractivity contribution in [3.63, 3.8) is 0 Å². The van der Waals surface area contributed by atoms with Gasteiger partial charge in [0.15, 0.2) is 5.75 Å². The molecule has 124 valence electrons. The van der Waals surface area contributed by atoms with E-state index in [0.29, 0.717) is 0 Å². The van der Waals surface area contributed by atoms with Crippen molar-refractivity contribution >= 4 is 43.2 Å². The molecule has 23 heavy (non-hydrogen) atoms. The van der Waals surface area contributed by atoms with Crippen LogP contribution in [-0.4, -0.2) is 14.8 Å². The smallest absolute Gasteiger partial charge is 0.404 e. The van der Waals surface area contributed by atoms with Crippen LogP contribution in [0.25, 0.3) is 0 Å². The monoisotopic (exact) mass is 429 g/mol. The van der Waals surface area contributed by atoms with Crippen LogP contribution in [0.2, 0.25) is 5.02 Å². The third-order valence-corrected chi connectivity index (χ3v) is 4.65. The van der Waals surface area contributed by atoms with Gasteiger partial charge in [0.05, 0.1) is 5.69 Å². The van der Waals surface area contributed by atoms with Gasteiger partial charge in [0.2, 0.25) is 0 Å². The highest BCUT2D eigenvalue weighted by Crippen LogP contribution is 2.33. The van der Waals surface area contributed by atoms with Crippen molar-refractivity contribution in [1.29, 1.82) is 0 Å². The van der Waals surface area contributed by atoms with Crippen LogP contribution >= 0.6 is 27.5 Å². The van der Waals surface area contributed by atoms with Crippen molar-refractivity contribution in [3.8, 4) is 5.75 Å². The first-order valence-corrected chi connectivity index (χ1v) is 8.56. The Morgan fingerprint density at radius 1 is 1.13 bits per heavy atom. The Balaban J connectivity index is 2.43. The van der Waals surface area contributed by atoms with Gasteiger partial charge in [0.1, 0.15) is 4.90 Å². The zero-order valence-corrected chi connectivity index (χ0v) is 14.2. The molecule has 0 spiro atoms. The highest BCUT2D eigenvalue weighted by molar-refractivity contribution is 9.10. The number of anilines is 1. The zero-order chi connectivity index (χ0) is 17.3. The third kappa shape index (κ3) is 5.02. The van der Waals surface area contributed by atoms with Crippen molar-refractivity contribution in [2.75, 3.05) is 4.72 Å². The van der Waals surface area contributed by atoms with Gasteiger partial charge in [0, 0.05) is 9.50 Å². The van der Waals surface area contributed by atoms with Crippen LogP contribution in [0.1, 0.15) is 0 Å². The lowest BCUT2D eigenvalue weighted by molar-refractivity contribution is -0.275. The first kappa shape index (κ1) is 17.9. The second-order valence-electron chi connectivity index (χ2n) is 4.25. The summed E-state index contributed by atoms with van der Waals surface area (Å²) in [5.74, 6) is -0.846. The number of nitrogens with one attached hydrogen (secondary N) is 1. The van der Waals surface area contributed by atoms with Crippen LogP contribution in [0.3, 0.4) is 0 Å². The highest BCUT2D eigenvalue weighted by atomic mass is 79.9. The van der Waals surface area contributed by atoms with E-state index >= 15 is 0 Å². The summed E-state index contributed by atoms with van der Waals surface area (Å²) < 4.78 is 68.1. The number of hydrogen-bond acceptors (Lipinski definition) is 3. The van der Waals surface area contributed by atoms with E-state index in [-0.39, 0.29) is 15.2 Å². The summed E-state index contributed by atoms with van der Waals surface area (Å²) in [6.07, 6.45) is -5.03. The predicted octanol–water partition coefficient (Wildman–Crippen LogP) is 4.80. The second-order valence-corrected chi connectivity index (χ2v) is 7.26. The molecule has 4 nitrogen and oxygen atoms in total. The molecule has 1 N–H and O–H groups in total. The third-order valence-electron chi connectivity index (χ3n) is 2.50. The van der Waals surface area contributed by atoms with E-state index in [2.05, 4.69) is 25.4 Å². The molecular formula is C13H8BrClF3NO3S. The number of rotatable bonds is 4. The van der Waals surface area contributed by atoms with Crippen molar-refractivity contribution in [3.05, 3.63) is 52.0 Å². The maximum atomic E-state index is 12.5. The summed E-state index contributed by atoms with van der Waals surface area (Å²) in [6.45, 7) is 0.